The summed E-state index contributed by atoms with van der Waals surface area (Å²) in [6.45, 7) is 7.06. The van der Waals surface area contributed by atoms with Gasteiger partial charge < -0.3 is 10.0 Å². The number of carbonyl (C=O) groups excluding carboxylic acids is 2. The first-order chi connectivity index (χ1) is 15.9. The number of hydrogen-bond donors (Lipinski definition) is 1. The number of imide groups is 1. The van der Waals surface area contributed by atoms with Crippen molar-refractivity contribution in [1.29, 1.82) is 0 Å². The Labute approximate surface area is 195 Å². The summed E-state index contributed by atoms with van der Waals surface area (Å²) >= 11 is 0. The third kappa shape index (κ3) is 3.90. The molecule has 6 nitrogen and oxygen atoms in total. The zero-order valence-corrected chi connectivity index (χ0v) is 19.5. The average Bonchev–Trinajstić information content (AvgIpc) is 3.28. The molecule has 1 spiro atoms. The Kier molecular flexibility index (Phi) is 5.65. The number of likely N-dealkylation sites (tertiary alicyclic amines) is 1. The molecule has 2 aromatic carbocycles. The van der Waals surface area contributed by atoms with Crippen LogP contribution in [-0.4, -0.2) is 63.0 Å². The Morgan fingerprint density at radius 1 is 1.00 bits per heavy atom. The Morgan fingerprint density at radius 3 is 2.27 bits per heavy atom. The molecule has 174 valence electrons. The monoisotopic (exact) mass is 447 g/mol. The lowest BCUT2D eigenvalue weighted by molar-refractivity contribution is -0.137. The van der Waals surface area contributed by atoms with Gasteiger partial charge in [0.25, 0.3) is 5.91 Å². The molecule has 0 radical (unpaired) electrons. The van der Waals surface area contributed by atoms with Crippen LogP contribution in [0.3, 0.4) is 0 Å². The summed E-state index contributed by atoms with van der Waals surface area (Å²) in [6.07, 6.45) is 2.81. The summed E-state index contributed by atoms with van der Waals surface area (Å²) in [7, 11) is 0. The van der Waals surface area contributed by atoms with Gasteiger partial charge >= 0.3 is 6.03 Å². The summed E-state index contributed by atoms with van der Waals surface area (Å²) < 4.78 is 0. The predicted octanol–water partition coefficient (Wildman–Crippen LogP) is 3.81. The fraction of sp³-hybridized carbons (Fsp3) is 0.481. The lowest BCUT2D eigenvalue weighted by Crippen LogP contribution is -2.57. The number of urea groups is 1. The highest BCUT2D eigenvalue weighted by Gasteiger charge is 2.59. The number of amides is 3. The van der Waals surface area contributed by atoms with E-state index >= 15 is 0 Å². The first-order valence-corrected chi connectivity index (χ1v) is 12.1. The van der Waals surface area contributed by atoms with Gasteiger partial charge in [-0.2, -0.15) is 0 Å². The smallest absolute Gasteiger partial charge is 0.327 e. The highest BCUT2D eigenvalue weighted by atomic mass is 16.3. The summed E-state index contributed by atoms with van der Waals surface area (Å²) in [6, 6.07) is 15.4. The number of carbonyl (C=O) groups is 2. The van der Waals surface area contributed by atoms with Gasteiger partial charge in [-0.05, 0) is 60.4 Å². The molecule has 6 heteroatoms. The number of fused-ring (bicyclic) bond motifs is 1. The predicted molar refractivity (Wildman–Crippen MR) is 127 cm³/mol. The molecular formula is C27H33N3O3. The maximum atomic E-state index is 13.9. The van der Waals surface area contributed by atoms with Crippen LogP contribution in [0.15, 0.2) is 48.5 Å². The third-order valence-electron chi connectivity index (χ3n) is 7.51. The van der Waals surface area contributed by atoms with E-state index < -0.39 is 5.54 Å². The molecule has 33 heavy (non-hydrogen) atoms. The first kappa shape index (κ1) is 22.0. The Bertz CT molecular complexity index is 1030. The zero-order valence-electron chi connectivity index (χ0n) is 19.5. The number of rotatable bonds is 5. The summed E-state index contributed by atoms with van der Waals surface area (Å²) in [5.41, 5.74) is 2.83. The van der Waals surface area contributed by atoms with Crippen LogP contribution >= 0.6 is 0 Å². The second kappa shape index (κ2) is 8.49. The van der Waals surface area contributed by atoms with Gasteiger partial charge in [0.1, 0.15) is 11.3 Å². The zero-order chi connectivity index (χ0) is 23.2. The van der Waals surface area contributed by atoms with Crippen LogP contribution in [0, 0.1) is 5.92 Å². The SMILES string of the molecule is CC(C)CN1C(=O)N(C2Cc3ccccc3C2)C(=O)C12CCN(Cc1cccc(O)c1)CC2. The quantitative estimate of drug-likeness (QED) is 0.708. The minimum Gasteiger partial charge on any atom is -0.508 e. The first-order valence-electron chi connectivity index (χ1n) is 12.1. The van der Waals surface area contributed by atoms with E-state index in [0.29, 0.717) is 25.3 Å². The minimum atomic E-state index is -0.731. The Morgan fingerprint density at radius 2 is 1.67 bits per heavy atom. The van der Waals surface area contributed by atoms with Crippen LogP contribution in [0.1, 0.15) is 43.4 Å². The Balaban J connectivity index is 1.35. The molecule has 5 rings (SSSR count). The van der Waals surface area contributed by atoms with Crippen molar-refractivity contribution < 1.29 is 14.7 Å². The Hall–Kier alpha value is -2.86. The van der Waals surface area contributed by atoms with Gasteiger partial charge in [0.05, 0.1) is 0 Å². The number of phenols is 1. The van der Waals surface area contributed by atoms with Crippen molar-refractivity contribution in [3.63, 3.8) is 0 Å². The molecule has 0 atom stereocenters. The fourth-order valence-corrected chi connectivity index (χ4v) is 5.88. The molecule has 0 unspecified atom stereocenters. The van der Waals surface area contributed by atoms with E-state index in [-0.39, 0.29) is 23.7 Å². The van der Waals surface area contributed by atoms with Crippen LogP contribution < -0.4 is 0 Å². The van der Waals surface area contributed by atoms with E-state index in [9.17, 15) is 14.7 Å². The molecule has 0 bridgehead atoms. The van der Waals surface area contributed by atoms with Crippen molar-refractivity contribution in [1.82, 2.24) is 14.7 Å². The largest absolute Gasteiger partial charge is 0.508 e. The van der Waals surface area contributed by atoms with Crippen molar-refractivity contribution in [2.24, 2.45) is 5.92 Å². The molecule has 2 fully saturated rings. The van der Waals surface area contributed by atoms with Crippen LogP contribution in [0.5, 0.6) is 5.75 Å². The topological polar surface area (TPSA) is 64.1 Å². The van der Waals surface area contributed by atoms with Gasteiger partial charge in [-0.1, -0.05) is 50.2 Å². The van der Waals surface area contributed by atoms with Gasteiger partial charge in [-0.15, -0.1) is 0 Å². The number of nitrogens with zero attached hydrogens (tertiary/aromatic N) is 3. The molecule has 1 N–H and O–H groups in total. The third-order valence-corrected chi connectivity index (χ3v) is 7.51. The molecule has 1 aliphatic carbocycles. The maximum Gasteiger partial charge on any atom is 0.327 e. The minimum absolute atomic E-state index is 0.00274. The molecule has 2 aliphatic heterocycles. The van der Waals surface area contributed by atoms with Crippen molar-refractivity contribution in [2.45, 2.75) is 57.7 Å². The molecule has 0 aromatic heterocycles. The van der Waals surface area contributed by atoms with Gasteiger partial charge in [0.15, 0.2) is 0 Å². The van der Waals surface area contributed by atoms with Gasteiger partial charge in [-0.25, -0.2) is 4.79 Å². The van der Waals surface area contributed by atoms with Gasteiger partial charge in [-0.3, -0.25) is 14.6 Å². The van der Waals surface area contributed by atoms with E-state index in [4.69, 9.17) is 0 Å². The molecule has 3 amide bonds. The van der Waals surface area contributed by atoms with E-state index in [0.717, 1.165) is 38.0 Å². The molecule has 2 saturated heterocycles. The normalized spacial score (nSPS) is 20.9. The fourth-order valence-electron chi connectivity index (χ4n) is 5.88. The van der Waals surface area contributed by atoms with E-state index in [2.05, 4.69) is 30.9 Å². The van der Waals surface area contributed by atoms with Crippen molar-refractivity contribution >= 4 is 11.9 Å². The lowest BCUT2D eigenvalue weighted by atomic mass is 9.85. The second-order valence-corrected chi connectivity index (χ2v) is 10.3. The highest BCUT2D eigenvalue weighted by molar-refractivity contribution is 6.07. The number of aromatic hydroxyl groups is 1. The average molecular weight is 448 g/mol. The summed E-state index contributed by atoms with van der Waals surface area (Å²) in [4.78, 5) is 33.4. The van der Waals surface area contributed by atoms with E-state index in [1.165, 1.54) is 11.1 Å². The number of hydrogen-bond acceptors (Lipinski definition) is 4. The molecule has 0 saturated carbocycles. The number of benzene rings is 2. The summed E-state index contributed by atoms with van der Waals surface area (Å²) in [5, 5.41) is 9.78. The number of phenolic OH excluding ortho intramolecular Hbond substituents is 1. The van der Waals surface area contributed by atoms with Crippen LogP contribution in [-0.2, 0) is 24.2 Å². The second-order valence-electron chi connectivity index (χ2n) is 10.3. The van der Waals surface area contributed by atoms with Crippen LogP contribution in [0.4, 0.5) is 4.79 Å². The highest BCUT2D eigenvalue weighted by Crippen LogP contribution is 2.41. The van der Waals surface area contributed by atoms with Crippen molar-refractivity contribution in [3.05, 3.63) is 65.2 Å². The summed E-state index contributed by atoms with van der Waals surface area (Å²) in [5.74, 6) is 0.571. The maximum absolute atomic E-state index is 13.9. The standard InChI is InChI=1S/C27H33N3O3/c1-19(2)17-29-26(33)30(23-15-21-7-3-4-8-22(21)16-23)25(32)27(29)10-12-28(13-11-27)18-20-6-5-9-24(31)14-20/h3-9,14,19,23,31H,10-13,15-18H2,1-2H3. The van der Waals surface area contributed by atoms with E-state index in [1.54, 1.807) is 17.0 Å². The molecule has 2 heterocycles. The number of piperidine rings is 1. The molecular weight excluding hydrogens is 414 g/mol. The van der Waals surface area contributed by atoms with Crippen molar-refractivity contribution in [3.8, 4) is 5.75 Å². The van der Waals surface area contributed by atoms with Gasteiger partial charge in [0.2, 0.25) is 0 Å². The van der Waals surface area contributed by atoms with Crippen LogP contribution in [0.25, 0.3) is 0 Å². The van der Waals surface area contributed by atoms with Gasteiger partial charge in [0, 0.05) is 32.2 Å². The molecule has 3 aliphatic rings. The van der Waals surface area contributed by atoms with Crippen LogP contribution in [0.2, 0.25) is 0 Å². The lowest BCUT2D eigenvalue weighted by Gasteiger charge is -2.42. The van der Waals surface area contributed by atoms with E-state index in [1.807, 2.05) is 29.2 Å². The van der Waals surface area contributed by atoms with Crippen molar-refractivity contribution in [2.75, 3.05) is 19.6 Å². The molecule has 2 aromatic rings.